The number of nitrogens with two attached hydrogens (primary N) is 1. The summed E-state index contributed by atoms with van der Waals surface area (Å²) in [5.74, 6) is 0.876. The number of halogens is 1. The van der Waals surface area contributed by atoms with Crippen molar-refractivity contribution in [3.05, 3.63) is 54.1 Å². The average molecular weight is 278 g/mol. The first-order valence-electron chi connectivity index (χ1n) is 6.08. The molecule has 2 nitrogen and oxygen atoms in total. The highest BCUT2D eigenvalue weighted by atomic mass is 35.5. The second kappa shape index (κ2) is 6.60. The van der Waals surface area contributed by atoms with Gasteiger partial charge in [-0.3, -0.25) is 0 Å². The lowest BCUT2D eigenvalue weighted by atomic mass is 9.98. The van der Waals surface area contributed by atoms with Crippen LogP contribution < -0.4 is 10.5 Å². The second-order valence-electron chi connectivity index (χ2n) is 4.74. The van der Waals surface area contributed by atoms with Gasteiger partial charge in [-0.25, -0.2) is 0 Å². The zero-order valence-corrected chi connectivity index (χ0v) is 12.2. The summed E-state index contributed by atoms with van der Waals surface area (Å²) in [5, 5.41) is 2.35. The van der Waals surface area contributed by atoms with Crippen molar-refractivity contribution in [2.24, 2.45) is 5.73 Å². The molecule has 2 N–H and O–H groups in total. The summed E-state index contributed by atoms with van der Waals surface area (Å²) in [6.45, 7) is 5.91. The van der Waals surface area contributed by atoms with Crippen LogP contribution in [-0.4, -0.2) is 7.11 Å². The summed E-state index contributed by atoms with van der Waals surface area (Å²) >= 11 is 0. The fraction of sp³-hybridized carbons (Fsp3) is 0.250. The monoisotopic (exact) mass is 277 g/mol. The van der Waals surface area contributed by atoms with Crippen molar-refractivity contribution < 1.29 is 4.74 Å². The van der Waals surface area contributed by atoms with Crippen LogP contribution >= 0.6 is 12.4 Å². The van der Waals surface area contributed by atoms with Gasteiger partial charge in [-0.1, -0.05) is 23.8 Å². The molecule has 2 rings (SSSR count). The highest BCUT2D eigenvalue weighted by Crippen LogP contribution is 2.25. The van der Waals surface area contributed by atoms with Crippen LogP contribution in [0.2, 0.25) is 0 Å². The molecule has 0 fully saturated rings. The Hall–Kier alpha value is -1.51. The van der Waals surface area contributed by atoms with Gasteiger partial charge in [0.05, 0.1) is 7.11 Å². The van der Waals surface area contributed by atoms with E-state index >= 15 is 0 Å². The Labute approximate surface area is 120 Å². The van der Waals surface area contributed by atoms with Gasteiger partial charge in [0.25, 0.3) is 0 Å². The lowest BCUT2D eigenvalue weighted by molar-refractivity contribution is 0.415. The molecule has 0 saturated carbocycles. The Morgan fingerprint density at radius 2 is 1.84 bits per heavy atom. The first kappa shape index (κ1) is 15.5. The number of hydrogen-bond donors (Lipinski definition) is 1. The van der Waals surface area contributed by atoms with Gasteiger partial charge < -0.3 is 10.5 Å². The molecule has 0 bridgehead atoms. The van der Waals surface area contributed by atoms with Crippen LogP contribution in [0, 0.1) is 0 Å². The van der Waals surface area contributed by atoms with Gasteiger partial charge in [0, 0.05) is 6.04 Å². The van der Waals surface area contributed by atoms with E-state index in [1.54, 1.807) is 7.11 Å². The molecule has 1 atom stereocenters. The summed E-state index contributed by atoms with van der Waals surface area (Å²) in [6.07, 6.45) is 0.821. The predicted molar refractivity (Wildman–Crippen MR) is 84.1 cm³/mol. The zero-order chi connectivity index (χ0) is 13.1. The van der Waals surface area contributed by atoms with E-state index in [4.69, 9.17) is 10.5 Å². The van der Waals surface area contributed by atoms with E-state index in [9.17, 15) is 0 Å². The number of rotatable bonds is 4. The number of methoxy groups -OCH3 is 1. The van der Waals surface area contributed by atoms with E-state index in [-0.39, 0.29) is 18.4 Å². The maximum Gasteiger partial charge on any atom is 0.119 e. The van der Waals surface area contributed by atoms with Gasteiger partial charge in [-0.15, -0.1) is 19.0 Å². The van der Waals surface area contributed by atoms with Crippen LogP contribution in [0.25, 0.3) is 10.8 Å². The summed E-state index contributed by atoms with van der Waals surface area (Å²) in [7, 11) is 1.68. The molecule has 3 heteroatoms. The normalized spacial score (nSPS) is 11.7. The smallest absolute Gasteiger partial charge is 0.119 e. The first-order valence-corrected chi connectivity index (χ1v) is 6.08. The Morgan fingerprint density at radius 1 is 1.21 bits per heavy atom. The lowest BCUT2D eigenvalue weighted by Crippen LogP contribution is -2.10. The number of fused-ring (bicyclic) bond motifs is 1. The largest absolute Gasteiger partial charge is 0.497 e. The van der Waals surface area contributed by atoms with Crippen molar-refractivity contribution in [3.63, 3.8) is 0 Å². The molecule has 0 heterocycles. The van der Waals surface area contributed by atoms with Gasteiger partial charge in [-0.2, -0.15) is 0 Å². The Bertz CT molecular complexity index is 580. The topological polar surface area (TPSA) is 35.2 Å². The fourth-order valence-electron chi connectivity index (χ4n) is 2.09. The van der Waals surface area contributed by atoms with Gasteiger partial charge in [0.1, 0.15) is 5.75 Å². The predicted octanol–water partition coefficient (Wildman–Crippen LogP) is 4.24. The van der Waals surface area contributed by atoms with Gasteiger partial charge >= 0.3 is 0 Å². The molecular weight excluding hydrogens is 258 g/mol. The maximum atomic E-state index is 6.16. The Kier molecular flexibility index (Phi) is 5.40. The highest BCUT2D eigenvalue weighted by molar-refractivity contribution is 5.85. The number of benzene rings is 2. The Morgan fingerprint density at radius 3 is 2.47 bits per heavy atom. The van der Waals surface area contributed by atoms with Crippen LogP contribution in [-0.2, 0) is 0 Å². The molecule has 0 aliphatic carbocycles. The zero-order valence-electron chi connectivity index (χ0n) is 11.3. The Balaban J connectivity index is 0.00000180. The summed E-state index contributed by atoms with van der Waals surface area (Å²) in [6, 6.07) is 12.4. The van der Waals surface area contributed by atoms with E-state index in [2.05, 4.69) is 30.8 Å². The first-order chi connectivity index (χ1) is 8.60. The molecule has 2 aromatic carbocycles. The number of hydrogen-bond acceptors (Lipinski definition) is 2. The third kappa shape index (κ3) is 3.72. The van der Waals surface area contributed by atoms with Crippen LogP contribution in [0.4, 0.5) is 0 Å². The molecule has 0 spiro atoms. The second-order valence-corrected chi connectivity index (χ2v) is 4.74. The molecule has 0 amide bonds. The van der Waals surface area contributed by atoms with Crippen LogP contribution in [0.3, 0.4) is 0 Å². The van der Waals surface area contributed by atoms with Crippen molar-refractivity contribution in [2.45, 2.75) is 19.4 Å². The molecule has 19 heavy (non-hydrogen) atoms. The summed E-state index contributed by atoms with van der Waals surface area (Å²) in [4.78, 5) is 0. The summed E-state index contributed by atoms with van der Waals surface area (Å²) in [5.41, 5.74) is 8.41. The van der Waals surface area contributed by atoms with Gasteiger partial charge in [0.2, 0.25) is 0 Å². The van der Waals surface area contributed by atoms with Crippen molar-refractivity contribution in [1.82, 2.24) is 0 Å². The molecule has 0 saturated heterocycles. The minimum absolute atomic E-state index is 0. The molecule has 0 aliphatic heterocycles. The van der Waals surface area contributed by atoms with Crippen molar-refractivity contribution >= 4 is 23.2 Å². The fourth-order valence-corrected chi connectivity index (χ4v) is 2.09. The van der Waals surface area contributed by atoms with Gasteiger partial charge in [0.15, 0.2) is 0 Å². The van der Waals surface area contributed by atoms with Crippen LogP contribution in [0.1, 0.15) is 24.9 Å². The van der Waals surface area contributed by atoms with Crippen LogP contribution in [0.15, 0.2) is 48.6 Å². The average Bonchev–Trinajstić information content (AvgIpc) is 2.36. The van der Waals surface area contributed by atoms with Crippen LogP contribution in [0.5, 0.6) is 5.75 Å². The van der Waals surface area contributed by atoms with E-state index in [1.165, 1.54) is 10.8 Å². The molecule has 0 radical (unpaired) electrons. The van der Waals surface area contributed by atoms with Crippen molar-refractivity contribution in [3.8, 4) is 5.75 Å². The molecule has 2 aromatic rings. The summed E-state index contributed by atoms with van der Waals surface area (Å²) < 4.78 is 5.22. The molecule has 0 unspecified atom stereocenters. The van der Waals surface area contributed by atoms with Crippen molar-refractivity contribution in [2.75, 3.05) is 7.11 Å². The minimum Gasteiger partial charge on any atom is -0.497 e. The van der Waals surface area contributed by atoms with Crippen molar-refractivity contribution in [1.29, 1.82) is 0 Å². The molecule has 102 valence electrons. The lowest BCUT2D eigenvalue weighted by Gasteiger charge is -2.13. The molecule has 0 aromatic heterocycles. The minimum atomic E-state index is 0. The number of ether oxygens (including phenoxy) is 1. The third-order valence-electron chi connectivity index (χ3n) is 3.07. The SMILES string of the molecule is C=C(C)C[C@H](N)c1ccc2cc(OC)ccc2c1.Cl. The van der Waals surface area contributed by atoms with E-state index in [0.717, 1.165) is 23.3 Å². The highest BCUT2D eigenvalue weighted by Gasteiger charge is 2.07. The standard InChI is InChI=1S/C16H19NO.ClH/c1-11(2)8-16(17)14-5-4-13-10-15(18-3)7-6-12(13)9-14;/h4-7,9-10,16H,1,8,17H2,2-3H3;1H/t16-;/m0./s1. The van der Waals surface area contributed by atoms with Gasteiger partial charge in [-0.05, 0) is 47.9 Å². The van der Waals surface area contributed by atoms with E-state index in [1.807, 2.05) is 19.1 Å². The van der Waals surface area contributed by atoms with E-state index < -0.39 is 0 Å². The van der Waals surface area contributed by atoms with E-state index in [0.29, 0.717) is 0 Å². The maximum absolute atomic E-state index is 6.16. The molecule has 0 aliphatic rings. The quantitative estimate of drug-likeness (QED) is 0.849. The molecular formula is C16H20ClNO. The third-order valence-corrected chi connectivity index (χ3v) is 3.07.